The normalized spacial score (nSPS) is 31.6. The van der Waals surface area contributed by atoms with Crippen molar-refractivity contribution in [3.8, 4) is 0 Å². The lowest BCUT2D eigenvalue weighted by Gasteiger charge is -2.35. The third-order valence-electron chi connectivity index (χ3n) is 7.30. The molecular weight excluding hydrogens is 520 g/mol. The Morgan fingerprint density at radius 1 is 1.29 bits per heavy atom. The van der Waals surface area contributed by atoms with Gasteiger partial charge >= 0.3 is 5.97 Å². The summed E-state index contributed by atoms with van der Waals surface area (Å²) in [6.07, 6.45) is 2.76. The molecule has 2 bridgehead atoms. The number of hydrogen-bond donors (Lipinski definition) is 2. The first-order valence-corrected chi connectivity index (χ1v) is 13.8. The smallest absolute Gasteiger partial charge is 0.310 e. The van der Waals surface area contributed by atoms with Crippen LogP contribution in [0, 0.1) is 25.7 Å². The number of esters is 1. The van der Waals surface area contributed by atoms with Crippen LogP contribution in [0.5, 0.6) is 0 Å². The Balaban J connectivity index is 1.69. The van der Waals surface area contributed by atoms with E-state index < -0.39 is 22.6 Å². The molecule has 3 saturated heterocycles. The zero-order valence-corrected chi connectivity index (χ0v) is 22.3. The fraction of sp³-hybridized carbons (Fsp3) is 0.640. The van der Waals surface area contributed by atoms with Crippen LogP contribution in [0.15, 0.2) is 18.2 Å². The molecule has 9 heteroatoms. The van der Waals surface area contributed by atoms with E-state index in [9.17, 15) is 14.4 Å². The van der Waals surface area contributed by atoms with Crippen molar-refractivity contribution < 1.29 is 24.2 Å². The molecule has 3 fully saturated rings. The second-order valence-electron chi connectivity index (χ2n) is 9.54. The van der Waals surface area contributed by atoms with Gasteiger partial charge in [0.1, 0.15) is 6.04 Å². The number of alkyl halides is 1. The van der Waals surface area contributed by atoms with Crippen LogP contribution in [0.3, 0.4) is 0 Å². The highest BCUT2D eigenvalue weighted by atomic mass is 79.9. The van der Waals surface area contributed by atoms with Crippen molar-refractivity contribution in [1.82, 2.24) is 4.90 Å². The van der Waals surface area contributed by atoms with Crippen LogP contribution in [-0.4, -0.2) is 68.4 Å². The Hall–Kier alpha value is -1.58. The first kappa shape index (κ1) is 25.5. The molecule has 0 saturated carbocycles. The predicted molar refractivity (Wildman–Crippen MR) is 136 cm³/mol. The van der Waals surface area contributed by atoms with Gasteiger partial charge in [-0.1, -0.05) is 28.1 Å². The van der Waals surface area contributed by atoms with Gasteiger partial charge in [-0.25, -0.2) is 0 Å². The van der Waals surface area contributed by atoms with Crippen LogP contribution in [0.2, 0.25) is 0 Å². The SMILES string of the molecule is CCOC(=O)[C@H]1[C@@H]2SC3(CC2Br)C(C(=O)Nc2cc(C)ccc2C)N(CCCCCO)C(=O)[C@H]13. The number of amides is 2. The Bertz CT molecular complexity index is 975. The van der Waals surface area contributed by atoms with Crippen molar-refractivity contribution in [2.45, 2.75) is 67.3 Å². The number of hydrogen-bond acceptors (Lipinski definition) is 6. The van der Waals surface area contributed by atoms with E-state index in [2.05, 4.69) is 21.2 Å². The molecular formula is C25H33BrN2O5S. The maximum absolute atomic E-state index is 13.9. The molecule has 0 radical (unpaired) electrons. The summed E-state index contributed by atoms with van der Waals surface area (Å²) < 4.78 is 4.70. The second-order valence-corrected chi connectivity index (χ2v) is 12.3. The summed E-state index contributed by atoms with van der Waals surface area (Å²) in [5, 5.41) is 12.2. The summed E-state index contributed by atoms with van der Waals surface area (Å²) >= 11 is 5.36. The molecule has 34 heavy (non-hydrogen) atoms. The molecule has 1 aromatic carbocycles. The van der Waals surface area contributed by atoms with E-state index in [0.717, 1.165) is 23.2 Å². The topological polar surface area (TPSA) is 95.9 Å². The number of ether oxygens (including phenoxy) is 1. The molecule has 3 heterocycles. The van der Waals surface area contributed by atoms with E-state index in [4.69, 9.17) is 9.84 Å². The average Bonchev–Trinajstić information content (AvgIpc) is 3.37. The summed E-state index contributed by atoms with van der Waals surface area (Å²) in [4.78, 5) is 42.4. The summed E-state index contributed by atoms with van der Waals surface area (Å²) in [5.41, 5.74) is 2.74. The van der Waals surface area contributed by atoms with Crippen molar-refractivity contribution >= 4 is 51.2 Å². The molecule has 3 unspecified atom stereocenters. The molecule has 1 aromatic rings. The van der Waals surface area contributed by atoms with Crippen LogP contribution in [-0.2, 0) is 19.1 Å². The Morgan fingerprint density at radius 2 is 2.06 bits per heavy atom. The van der Waals surface area contributed by atoms with Gasteiger partial charge in [0.15, 0.2) is 0 Å². The van der Waals surface area contributed by atoms with E-state index in [-0.39, 0.29) is 41.1 Å². The van der Waals surface area contributed by atoms with Gasteiger partial charge in [-0.15, -0.1) is 11.8 Å². The maximum Gasteiger partial charge on any atom is 0.310 e. The third kappa shape index (κ3) is 4.28. The maximum atomic E-state index is 13.9. The zero-order valence-electron chi connectivity index (χ0n) is 19.9. The number of rotatable bonds is 9. The average molecular weight is 554 g/mol. The fourth-order valence-electron chi connectivity index (χ4n) is 5.82. The highest BCUT2D eigenvalue weighted by Gasteiger charge is 2.75. The Kier molecular flexibility index (Phi) is 7.64. The molecule has 7 nitrogen and oxygen atoms in total. The van der Waals surface area contributed by atoms with Crippen molar-refractivity contribution in [2.24, 2.45) is 11.8 Å². The van der Waals surface area contributed by atoms with E-state index >= 15 is 0 Å². The highest BCUT2D eigenvalue weighted by molar-refractivity contribution is 9.09. The number of aryl methyl sites for hydroxylation is 2. The van der Waals surface area contributed by atoms with Crippen LogP contribution in [0.1, 0.15) is 43.7 Å². The Labute approximate surface area is 213 Å². The predicted octanol–water partition coefficient (Wildman–Crippen LogP) is 3.43. The van der Waals surface area contributed by atoms with Gasteiger partial charge in [0.05, 0.1) is 23.2 Å². The molecule has 2 N–H and O–H groups in total. The van der Waals surface area contributed by atoms with Crippen molar-refractivity contribution in [2.75, 3.05) is 25.1 Å². The van der Waals surface area contributed by atoms with Gasteiger partial charge in [-0.3, -0.25) is 14.4 Å². The molecule has 3 aliphatic rings. The van der Waals surface area contributed by atoms with Crippen LogP contribution < -0.4 is 5.32 Å². The van der Waals surface area contributed by atoms with E-state index in [1.165, 1.54) is 0 Å². The van der Waals surface area contributed by atoms with Gasteiger partial charge in [-0.2, -0.15) is 0 Å². The molecule has 3 aliphatic heterocycles. The van der Waals surface area contributed by atoms with E-state index in [0.29, 0.717) is 25.8 Å². The summed E-state index contributed by atoms with van der Waals surface area (Å²) in [6.45, 7) is 6.48. The number of nitrogens with one attached hydrogen (secondary N) is 1. The van der Waals surface area contributed by atoms with Gasteiger partial charge < -0.3 is 20.1 Å². The van der Waals surface area contributed by atoms with E-state index in [1.54, 1.807) is 23.6 Å². The van der Waals surface area contributed by atoms with Crippen molar-refractivity contribution in [1.29, 1.82) is 0 Å². The van der Waals surface area contributed by atoms with E-state index in [1.807, 2.05) is 32.0 Å². The number of thioether (sulfide) groups is 1. The quantitative estimate of drug-likeness (QED) is 0.277. The minimum Gasteiger partial charge on any atom is -0.466 e. The second kappa shape index (κ2) is 10.2. The Morgan fingerprint density at radius 3 is 2.76 bits per heavy atom. The number of halogens is 1. The fourth-order valence-corrected chi connectivity index (χ4v) is 9.42. The summed E-state index contributed by atoms with van der Waals surface area (Å²) in [6, 6.07) is 5.24. The number of nitrogens with zero attached hydrogens (tertiary/aromatic N) is 1. The minimum absolute atomic E-state index is 0.0290. The minimum atomic E-state index is -0.674. The summed E-state index contributed by atoms with van der Waals surface area (Å²) in [7, 11) is 0. The third-order valence-corrected chi connectivity index (χ3v) is 10.5. The first-order chi connectivity index (χ1) is 16.2. The highest BCUT2D eigenvalue weighted by Crippen LogP contribution is 2.67. The molecule has 186 valence electrons. The van der Waals surface area contributed by atoms with Crippen LogP contribution in [0.25, 0.3) is 0 Å². The van der Waals surface area contributed by atoms with Gasteiger partial charge in [0, 0.05) is 28.9 Å². The van der Waals surface area contributed by atoms with Crippen LogP contribution >= 0.6 is 27.7 Å². The molecule has 1 spiro atoms. The molecule has 0 aliphatic carbocycles. The molecule has 6 atom stereocenters. The van der Waals surface area contributed by atoms with Gasteiger partial charge in [0.25, 0.3) is 0 Å². The first-order valence-electron chi connectivity index (χ1n) is 12.0. The number of unbranched alkanes of at least 4 members (excludes halogenated alkanes) is 2. The van der Waals surface area contributed by atoms with Crippen molar-refractivity contribution in [3.05, 3.63) is 29.3 Å². The van der Waals surface area contributed by atoms with Crippen molar-refractivity contribution in [3.63, 3.8) is 0 Å². The zero-order chi connectivity index (χ0) is 24.6. The number of likely N-dealkylation sites (tertiary alicyclic amines) is 1. The monoisotopic (exact) mass is 552 g/mol. The number of anilines is 1. The number of carbonyl (C=O) groups excluding carboxylic acids is 3. The molecule has 2 amide bonds. The van der Waals surface area contributed by atoms with Crippen LogP contribution in [0.4, 0.5) is 5.69 Å². The molecule has 4 rings (SSSR count). The summed E-state index contributed by atoms with van der Waals surface area (Å²) in [5.74, 6) is -1.81. The lowest BCUT2D eigenvalue weighted by atomic mass is 9.71. The largest absolute Gasteiger partial charge is 0.466 e. The number of carbonyl (C=O) groups is 3. The number of aliphatic hydroxyl groups excluding tert-OH is 1. The molecule has 0 aromatic heterocycles. The number of fused-ring (bicyclic) bond motifs is 1. The lowest BCUT2D eigenvalue weighted by molar-refractivity contribution is -0.153. The van der Waals surface area contributed by atoms with Gasteiger partial charge in [0.2, 0.25) is 11.8 Å². The van der Waals surface area contributed by atoms with Gasteiger partial charge in [-0.05, 0) is 63.6 Å². The standard InChI is InChI=1S/C25H33BrN2O5S/c1-4-33-24(32)18-19-23(31)28(10-6-5-7-11-29)21(25(19)13-16(26)20(18)34-25)22(30)27-17-12-14(2)8-9-15(17)3/h8-9,12,16,18-21,29H,4-7,10-11,13H2,1-3H3,(H,27,30)/t16?,18-,19+,20-,21?,25?/m1/s1. The number of benzene rings is 1. The number of aliphatic hydroxyl groups is 1. The lowest BCUT2D eigenvalue weighted by Crippen LogP contribution is -2.52.